The summed E-state index contributed by atoms with van der Waals surface area (Å²) in [4.78, 5) is 16.7. The zero-order valence-corrected chi connectivity index (χ0v) is 20.3. The minimum absolute atomic E-state index is 0.186. The first-order chi connectivity index (χ1) is 15.4. The lowest BCUT2D eigenvalue weighted by Crippen LogP contribution is -2.05. The molecule has 0 saturated carbocycles. The Kier molecular flexibility index (Phi) is 6.81. The average molecular weight is 560 g/mol. The molecular weight excluding hydrogens is 541 g/mol. The van der Waals surface area contributed by atoms with Gasteiger partial charge in [-0.25, -0.2) is 9.79 Å². The quantitative estimate of drug-likeness (QED) is 0.205. The number of esters is 1. The first-order valence-electron chi connectivity index (χ1n) is 9.77. The smallest absolute Gasteiger partial charge is 0.363 e. The van der Waals surface area contributed by atoms with Crippen molar-refractivity contribution in [2.24, 2.45) is 4.99 Å². The number of aliphatic imine (C=N–C) groups is 1. The summed E-state index contributed by atoms with van der Waals surface area (Å²) in [6.45, 7) is 2.34. The van der Waals surface area contributed by atoms with Crippen molar-refractivity contribution in [3.05, 3.63) is 97.2 Å². The fraction of sp³-hybridized carbons (Fsp3) is 0.120. The number of methoxy groups -OCH3 is 1. The van der Waals surface area contributed by atoms with Gasteiger partial charge in [0.2, 0.25) is 5.90 Å². The van der Waals surface area contributed by atoms with E-state index in [4.69, 9.17) is 25.8 Å². The molecule has 1 aliphatic heterocycles. The van der Waals surface area contributed by atoms with E-state index in [9.17, 15) is 4.79 Å². The van der Waals surface area contributed by atoms with Crippen molar-refractivity contribution in [1.29, 1.82) is 0 Å². The molecular formula is C25H19ClINO4. The largest absolute Gasteiger partial charge is 0.493 e. The van der Waals surface area contributed by atoms with Crippen molar-refractivity contribution in [2.45, 2.75) is 13.5 Å². The molecule has 0 saturated heterocycles. The number of rotatable bonds is 6. The minimum Gasteiger partial charge on any atom is -0.493 e. The molecule has 0 aromatic heterocycles. The van der Waals surface area contributed by atoms with E-state index in [1.807, 2.05) is 55.5 Å². The molecule has 0 unspecified atom stereocenters. The molecule has 0 aliphatic carbocycles. The molecule has 0 radical (unpaired) electrons. The summed E-state index contributed by atoms with van der Waals surface area (Å²) >= 11 is 8.74. The van der Waals surface area contributed by atoms with Crippen molar-refractivity contribution >= 4 is 52.1 Å². The summed E-state index contributed by atoms with van der Waals surface area (Å²) in [7, 11) is 1.54. The van der Waals surface area contributed by atoms with Gasteiger partial charge in [0.05, 0.1) is 12.1 Å². The maximum absolute atomic E-state index is 12.3. The van der Waals surface area contributed by atoms with E-state index in [1.54, 1.807) is 25.3 Å². The second-order valence-corrected chi connectivity index (χ2v) is 8.81. The molecule has 4 rings (SSSR count). The number of carbonyl (C=O) groups is 1. The molecule has 0 amide bonds. The number of nitrogens with zero attached hydrogens (tertiary/aromatic N) is 1. The molecule has 32 heavy (non-hydrogen) atoms. The highest BCUT2D eigenvalue weighted by Gasteiger charge is 2.24. The zero-order chi connectivity index (χ0) is 22.7. The minimum atomic E-state index is -0.519. The number of hydrogen-bond acceptors (Lipinski definition) is 5. The zero-order valence-electron chi connectivity index (χ0n) is 17.4. The molecule has 3 aromatic carbocycles. The van der Waals surface area contributed by atoms with Gasteiger partial charge in [-0.05, 0) is 83.1 Å². The predicted molar refractivity (Wildman–Crippen MR) is 133 cm³/mol. The van der Waals surface area contributed by atoms with Crippen LogP contribution in [-0.4, -0.2) is 19.0 Å². The van der Waals surface area contributed by atoms with Crippen LogP contribution in [0.5, 0.6) is 11.5 Å². The van der Waals surface area contributed by atoms with E-state index in [0.717, 1.165) is 20.3 Å². The van der Waals surface area contributed by atoms with Crippen molar-refractivity contribution in [3.63, 3.8) is 0 Å². The van der Waals surface area contributed by atoms with E-state index < -0.39 is 5.97 Å². The van der Waals surface area contributed by atoms with Gasteiger partial charge < -0.3 is 14.2 Å². The number of carbonyl (C=O) groups excluding carboxylic acids is 1. The Hall–Kier alpha value is -2.84. The lowest BCUT2D eigenvalue weighted by molar-refractivity contribution is -0.129. The second-order valence-electron chi connectivity index (χ2n) is 7.15. The maximum atomic E-state index is 12.3. The first kappa shape index (κ1) is 22.4. The standard InChI is InChI=1S/C25H19ClINO4/c1-15-6-8-18(9-7-15)24-28-21(25(29)32-24)12-17-11-20(26)23(22(13-17)30-2)31-14-16-4-3-5-19(27)10-16/h3-13H,14H2,1-2H3/b21-12-. The molecule has 0 N–H and O–H groups in total. The van der Waals surface area contributed by atoms with Crippen LogP contribution in [0.25, 0.3) is 6.08 Å². The van der Waals surface area contributed by atoms with Gasteiger partial charge in [0.15, 0.2) is 17.2 Å². The SMILES string of the molecule is COc1cc(/C=C2\N=C(c3ccc(C)cc3)OC2=O)cc(Cl)c1OCc1cccc(I)c1. The van der Waals surface area contributed by atoms with Gasteiger partial charge in [-0.15, -0.1) is 0 Å². The molecule has 0 atom stereocenters. The fourth-order valence-corrected chi connectivity index (χ4v) is 4.01. The van der Waals surface area contributed by atoms with Crippen LogP contribution in [0, 0.1) is 10.5 Å². The summed E-state index contributed by atoms with van der Waals surface area (Å²) in [5, 5.41) is 0.371. The third kappa shape index (κ3) is 5.14. The summed E-state index contributed by atoms with van der Waals surface area (Å²) in [5.74, 6) is 0.656. The van der Waals surface area contributed by atoms with E-state index in [2.05, 4.69) is 27.6 Å². The lowest BCUT2D eigenvalue weighted by atomic mass is 10.1. The average Bonchev–Trinajstić information content (AvgIpc) is 3.13. The van der Waals surface area contributed by atoms with Crippen LogP contribution in [-0.2, 0) is 16.1 Å². The third-order valence-corrected chi connectivity index (χ3v) is 5.70. The molecule has 0 spiro atoms. The second kappa shape index (κ2) is 9.75. The highest BCUT2D eigenvalue weighted by molar-refractivity contribution is 14.1. The van der Waals surface area contributed by atoms with Gasteiger partial charge in [0.25, 0.3) is 0 Å². The Bertz CT molecular complexity index is 1240. The Morgan fingerprint density at radius 3 is 2.62 bits per heavy atom. The van der Waals surface area contributed by atoms with E-state index in [0.29, 0.717) is 28.7 Å². The van der Waals surface area contributed by atoms with Crippen molar-refractivity contribution in [1.82, 2.24) is 0 Å². The van der Waals surface area contributed by atoms with Crippen LogP contribution in [0.4, 0.5) is 0 Å². The number of hydrogen-bond donors (Lipinski definition) is 0. The molecule has 3 aromatic rings. The number of benzene rings is 3. The number of halogens is 2. The fourth-order valence-electron chi connectivity index (χ4n) is 3.13. The number of aryl methyl sites for hydroxylation is 1. The highest BCUT2D eigenvalue weighted by atomic mass is 127. The van der Waals surface area contributed by atoms with Gasteiger partial charge in [0, 0.05) is 9.13 Å². The molecule has 0 fully saturated rings. The summed E-state index contributed by atoms with van der Waals surface area (Å²) in [6.07, 6.45) is 1.61. The highest BCUT2D eigenvalue weighted by Crippen LogP contribution is 2.38. The summed E-state index contributed by atoms with van der Waals surface area (Å²) in [5.41, 5.74) is 3.70. The molecule has 7 heteroatoms. The van der Waals surface area contributed by atoms with Gasteiger partial charge in [-0.1, -0.05) is 41.4 Å². The van der Waals surface area contributed by atoms with Crippen LogP contribution in [0.3, 0.4) is 0 Å². The molecule has 1 heterocycles. The molecule has 0 bridgehead atoms. The number of ether oxygens (including phenoxy) is 3. The maximum Gasteiger partial charge on any atom is 0.363 e. The number of cyclic esters (lactones) is 1. The lowest BCUT2D eigenvalue weighted by Gasteiger charge is -2.13. The Morgan fingerprint density at radius 2 is 1.91 bits per heavy atom. The Labute approximate surface area is 204 Å². The van der Waals surface area contributed by atoms with E-state index in [1.165, 1.54) is 0 Å². The van der Waals surface area contributed by atoms with Gasteiger partial charge >= 0.3 is 5.97 Å². The van der Waals surface area contributed by atoms with Gasteiger partial charge in [-0.3, -0.25) is 0 Å². The van der Waals surface area contributed by atoms with Crippen molar-refractivity contribution in [2.75, 3.05) is 7.11 Å². The molecule has 162 valence electrons. The monoisotopic (exact) mass is 559 g/mol. The third-order valence-electron chi connectivity index (χ3n) is 4.75. The predicted octanol–water partition coefficient (Wildman–Crippen LogP) is 6.19. The van der Waals surface area contributed by atoms with E-state index >= 15 is 0 Å². The van der Waals surface area contributed by atoms with E-state index in [-0.39, 0.29) is 11.6 Å². The molecule has 1 aliphatic rings. The van der Waals surface area contributed by atoms with Crippen LogP contribution in [0.1, 0.15) is 22.3 Å². The summed E-state index contributed by atoms with van der Waals surface area (Å²) in [6, 6.07) is 19.1. The molecule has 5 nitrogen and oxygen atoms in total. The summed E-state index contributed by atoms with van der Waals surface area (Å²) < 4.78 is 17.9. The van der Waals surface area contributed by atoms with Crippen molar-refractivity contribution < 1.29 is 19.0 Å². The van der Waals surface area contributed by atoms with Gasteiger partial charge in [0.1, 0.15) is 6.61 Å². The first-order valence-corrected chi connectivity index (χ1v) is 11.2. The Balaban J connectivity index is 1.59. The normalized spacial score (nSPS) is 14.3. The van der Waals surface area contributed by atoms with Gasteiger partial charge in [-0.2, -0.15) is 0 Å². The topological polar surface area (TPSA) is 57.1 Å². The van der Waals surface area contributed by atoms with Crippen LogP contribution in [0.15, 0.2) is 71.4 Å². The van der Waals surface area contributed by atoms with Crippen LogP contribution < -0.4 is 9.47 Å². The van der Waals surface area contributed by atoms with Crippen molar-refractivity contribution in [3.8, 4) is 11.5 Å². The van der Waals surface area contributed by atoms with Crippen LogP contribution in [0.2, 0.25) is 5.02 Å². The Morgan fingerprint density at radius 1 is 1.12 bits per heavy atom. The van der Waals surface area contributed by atoms with Crippen LogP contribution >= 0.6 is 34.2 Å².